The molecule has 0 aliphatic rings. The van der Waals surface area contributed by atoms with Crippen LogP contribution in [0.2, 0.25) is 0 Å². The molecule has 1 atom stereocenters. The number of hydrogen-bond acceptors (Lipinski definition) is 4. The van der Waals surface area contributed by atoms with Gasteiger partial charge in [-0.15, -0.1) is 0 Å². The molecule has 0 spiro atoms. The summed E-state index contributed by atoms with van der Waals surface area (Å²) in [4.78, 5) is 15.6. The van der Waals surface area contributed by atoms with Gasteiger partial charge in [0.05, 0.1) is 18.2 Å². The lowest BCUT2D eigenvalue weighted by Crippen LogP contribution is -2.42. The maximum absolute atomic E-state index is 11.4. The van der Waals surface area contributed by atoms with Crippen molar-refractivity contribution in [2.45, 2.75) is 25.8 Å². The highest BCUT2D eigenvalue weighted by molar-refractivity contribution is 5.84. The van der Waals surface area contributed by atoms with E-state index in [-0.39, 0.29) is 11.9 Å². The first kappa shape index (κ1) is 15.3. The molecule has 112 valence electrons. The van der Waals surface area contributed by atoms with Crippen molar-refractivity contribution in [1.29, 1.82) is 0 Å². The third-order valence-electron chi connectivity index (χ3n) is 3.25. The van der Waals surface area contributed by atoms with E-state index in [9.17, 15) is 4.79 Å². The minimum absolute atomic E-state index is 0.341. The van der Waals surface area contributed by atoms with Crippen LogP contribution < -0.4 is 15.8 Å². The summed E-state index contributed by atoms with van der Waals surface area (Å²) in [5.41, 5.74) is 6.27. The molecule has 1 unspecified atom stereocenters. The summed E-state index contributed by atoms with van der Waals surface area (Å²) in [5, 5.41) is 4.09. The van der Waals surface area contributed by atoms with Gasteiger partial charge >= 0.3 is 0 Å². The Hall–Kier alpha value is -2.14. The molecule has 0 bridgehead atoms. The first-order valence-electron chi connectivity index (χ1n) is 7.21. The third kappa shape index (κ3) is 4.16. The molecule has 0 aliphatic heterocycles. The maximum Gasteiger partial charge on any atom is 0.234 e. The van der Waals surface area contributed by atoms with Gasteiger partial charge in [-0.3, -0.25) is 9.78 Å². The van der Waals surface area contributed by atoms with Crippen LogP contribution in [0, 0.1) is 0 Å². The van der Waals surface area contributed by atoms with Crippen molar-refractivity contribution in [2.75, 3.05) is 13.2 Å². The Labute approximate surface area is 124 Å². The molecule has 5 heteroatoms. The van der Waals surface area contributed by atoms with Crippen LogP contribution in [0.5, 0.6) is 5.75 Å². The zero-order chi connectivity index (χ0) is 15.1. The van der Waals surface area contributed by atoms with Gasteiger partial charge in [-0.05, 0) is 37.2 Å². The van der Waals surface area contributed by atoms with Gasteiger partial charge in [-0.2, -0.15) is 0 Å². The highest BCUT2D eigenvalue weighted by Gasteiger charge is 2.14. The Balaban J connectivity index is 1.96. The minimum Gasteiger partial charge on any atom is -0.493 e. The van der Waals surface area contributed by atoms with E-state index in [0.29, 0.717) is 13.0 Å². The Morgan fingerprint density at radius 1 is 1.38 bits per heavy atom. The number of amides is 1. The second-order valence-electron chi connectivity index (χ2n) is 4.87. The zero-order valence-corrected chi connectivity index (χ0v) is 12.2. The second-order valence-corrected chi connectivity index (χ2v) is 4.87. The second kappa shape index (κ2) is 7.59. The van der Waals surface area contributed by atoms with Gasteiger partial charge in [0, 0.05) is 18.0 Å². The Bertz CT molecular complexity index is 596. The highest BCUT2D eigenvalue weighted by Crippen LogP contribution is 2.23. The van der Waals surface area contributed by atoms with Crippen molar-refractivity contribution in [2.24, 2.45) is 5.73 Å². The molecule has 21 heavy (non-hydrogen) atoms. The molecule has 3 N–H and O–H groups in total. The van der Waals surface area contributed by atoms with E-state index < -0.39 is 0 Å². The van der Waals surface area contributed by atoms with Gasteiger partial charge in [0.15, 0.2) is 0 Å². The van der Waals surface area contributed by atoms with Crippen LogP contribution in [-0.2, 0) is 4.79 Å². The number of fused-ring (bicyclic) bond motifs is 1. The molecule has 1 amide bonds. The molecule has 1 aromatic carbocycles. The number of nitrogens with two attached hydrogens (primary N) is 1. The lowest BCUT2D eigenvalue weighted by Gasteiger charge is -2.15. The molecule has 0 aliphatic carbocycles. The van der Waals surface area contributed by atoms with E-state index in [1.165, 1.54) is 0 Å². The van der Waals surface area contributed by atoms with Crippen molar-refractivity contribution in [3.63, 3.8) is 0 Å². The van der Waals surface area contributed by atoms with Crippen molar-refractivity contribution in [1.82, 2.24) is 10.3 Å². The van der Waals surface area contributed by atoms with E-state index >= 15 is 0 Å². The van der Waals surface area contributed by atoms with Gasteiger partial charge in [0.25, 0.3) is 0 Å². The average molecular weight is 287 g/mol. The van der Waals surface area contributed by atoms with Gasteiger partial charge in [-0.1, -0.05) is 13.0 Å². The van der Waals surface area contributed by atoms with Gasteiger partial charge < -0.3 is 15.8 Å². The van der Waals surface area contributed by atoms with Crippen molar-refractivity contribution in [3.05, 3.63) is 36.5 Å². The monoisotopic (exact) mass is 287 g/mol. The van der Waals surface area contributed by atoms with Crippen LogP contribution in [0.15, 0.2) is 36.5 Å². The Kier molecular flexibility index (Phi) is 5.51. The molecule has 0 fully saturated rings. The lowest BCUT2D eigenvalue weighted by molar-refractivity contribution is -0.120. The quantitative estimate of drug-likeness (QED) is 0.777. The van der Waals surface area contributed by atoms with E-state index in [2.05, 4.69) is 10.3 Å². The zero-order valence-electron chi connectivity index (χ0n) is 12.2. The van der Waals surface area contributed by atoms with E-state index in [1.807, 2.05) is 37.3 Å². The number of rotatable bonds is 8. The fourth-order valence-electron chi connectivity index (χ4n) is 2.15. The molecule has 2 aromatic rings. The molecular weight excluding hydrogens is 266 g/mol. The molecule has 5 nitrogen and oxygen atoms in total. The van der Waals surface area contributed by atoms with Crippen LogP contribution in [-0.4, -0.2) is 30.1 Å². The van der Waals surface area contributed by atoms with Crippen molar-refractivity contribution >= 4 is 16.8 Å². The summed E-state index contributed by atoms with van der Waals surface area (Å²) in [6.07, 6.45) is 3.26. The number of primary amides is 1. The Morgan fingerprint density at radius 2 is 2.24 bits per heavy atom. The molecule has 1 heterocycles. The van der Waals surface area contributed by atoms with Gasteiger partial charge in [-0.25, -0.2) is 0 Å². The summed E-state index contributed by atoms with van der Waals surface area (Å²) in [6, 6.07) is 9.26. The highest BCUT2D eigenvalue weighted by atomic mass is 16.5. The topological polar surface area (TPSA) is 77.2 Å². The smallest absolute Gasteiger partial charge is 0.234 e. The van der Waals surface area contributed by atoms with Gasteiger partial charge in [0.1, 0.15) is 5.75 Å². The van der Waals surface area contributed by atoms with E-state index in [0.717, 1.165) is 29.6 Å². The molecule has 0 radical (unpaired) electrons. The molecular formula is C16H21N3O2. The van der Waals surface area contributed by atoms with Crippen LogP contribution in [0.4, 0.5) is 0 Å². The first-order chi connectivity index (χ1) is 10.2. The Morgan fingerprint density at radius 3 is 3.00 bits per heavy atom. The number of pyridine rings is 1. The third-order valence-corrected chi connectivity index (χ3v) is 3.25. The summed E-state index contributed by atoms with van der Waals surface area (Å²) >= 11 is 0. The summed E-state index contributed by atoms with van der Waals surface area (Å²) in [7, 11) is 0. The fourth-order valence-corrected chi connectivity index (χ4v) is 2.15. The largest absolute Gasteiger partial charge is 0.493 e. The van der Waals surface area contributed by atoms with Crippen LogP contribution in [0.25, 0.3) is 10.9 Å². The summed E-state index contributed by atoms with van der Waals surface area (Å²) in [6.45, 7) is 3.24. The standard InChI is InChI=1S/C16H21N3O2/c1-2-9-18-14(16(17)20)8-11-21-15-7-3-6-13-12(15)5-4-10-19-13/h3-7,10,14,18H,2,8-9,11H2,1H3,(H2,17,20). The number of aromatic nitrogens is 1. The van der Waals surface area contributed by atoms with Crippen molar-refractivity contribution < 1.29 is 9.53 Å². The molecule has 2 rings (SSSR count). The normalized spacial score (nSPS) is 12.2. The number of ether oxygens (including phenoxy) is 1. The summed E-state index contributed by atoms with van der Waals surface area (Å²) in [5.74, 6) is 0.436. The molecule has 1 aromatic heterocycles. The van der Waals surface area contributed by atoms with Gasteiger partial charge in [0.2, 0.25) is 5.91 Å². The SMILES string of the molecule is CCCNC(CCOc1cccc2ncccc12)C(N)=O. The molecule has 0 saturated heterocycles. The van der Waals surface area contributed by atoms with E-state index in [4.69, 9.17) is 10.5 Å². The predicted molar refractivity (Wildman–Crippen MR) is 83.1 cm³/mol. The maximum atomic E-state index is 11.4. The number of benzene rings is 1. The van der Waals surface area contributed by atoms with Crippen LogP contribution in [0.3, 0.4) is 0 Å². The number of carbonyl (C=O) groups excluding carboxylic acids is 1. The van der Waals surface area contributed by atoms with Crippen molar-refractivity contribution in [3.8, 4) is 5.75 Å². The molecule has 0 saturated carbocycles. The number of nitrogens with one attached hydrogen (secondary N) is 1. The van der Waals surface area contributed by atoms with Crippen LogP contribution >= 0.6 is 0 Å². The lowest BCUT2D eigenvalue weighted by atomic mass is 10.2. The van der Waals surface area contributed by atoms with Crippen LogP contribution in [0.1, 0.15) is 19.8 Å². The number of hydrogen-bond donors (Lipinski definition) is 2. The number of nitrogens with zero attached hydrogens (tertiary/aromatic N) is 1. The minimum atomic E-state index is -0.349. The summed E-state index contributed by atoms with van der Waals surface area (Å²) < 4.78 is 5.79. The predicted octanol–water partition coefficient (Wildman–Crippen LogP) is 1.86. The first-order valence-corrected chi connectivity index (χ1v) is 7.21. The number of carbonyl (C=O) groups is 1. The fraction of sp³-hybridized carbons (Fsp3) is 0.375. The average Bonchev–Trinajstić information content (AvgIpc) is 2.50. The van der Waals surface area contributed by atoms with E-state index in [1.54, 1.807) is 6.20 Å².